The largest absolute Gasteiger partial charge is 0.397 e. The average molecular weight is 333 g/mol. The number of nitrogens with zero attached hydrogens (tertiary/aromatic N) is 1. The maximum atomic E-state index is 6.32. The third kappa shape index (κ3) is 4.67. The molecule has 0 bridgehead atoms. The molecule has 0 aromatic heterocycles. The van der Waals surface area contributed by atoms with Crippen molar-refractivity contribution < 1.29 is 0 Å². The van der Waals surface area contributed by atoms with Gasteiger partial charge in [-0.25, -0.2) is 0 Å². The Morgan fingerprint density at radius 1 is 1.25 bits per heavy atom. The van der Waals surface area contributed by atoms with Crippen LogP contribution in [-0.2, 0) is 0 Å². The van der Waals surface area contributed by atoms with Gasteiger partial charge >= 0.3 is 0 Å². The Morgan fingerprint density at radius 2 is 1.88 bits per heavy atom. The minimum Gasteiger partial charge on any atom is -0.397 e. The zero-order chi connectivity index (χ0) is 18.2. The lowest BCUT2D eigenvalue weighted by Gasteiger charge is -2.41. The van der Waals surface area contributed by atoms with E-state index in [1.54, 1.807) is 0 Å². The highest BCUT2D eigenvalue weighted by Gasteiger charge is 2.30. The van der Waals surface area contributed by atoms with Crippen molar-refractivity contribution in [2.45, 2.75) is 47.0 Å². The molecule has 0 saturated carbocycles. The van der Waals surface area contributed by atoms with Crippen LogP contribution >= 0.6 is 0 Å². The lowest BCUT2D eigenvalue weighted by Crippen LogP contribution is -2.42. The fourth-order valence-corrected chi connectivity index (χ4v) is 3.07. The number of benzene rings is 1. The summed E-state index contributed by atoms with van der Waals surface area (Å²) in [7, 11) is 1.96. The van der Waals surface area contributed by atoms with Crippen molar-refractivity contribution in [3.63, 3.8) is 0 Å². The van der Waals surface area contributed by atoms with Gasteiger partial charge in [0, 0.05) is 31.4 Å². The van der Waals surface area contributed by atoms with Gasteiger partial charge < -0.3 is 21.7 Å². The summed E-state index contributed by atoms with van der Waals surface area (Å²) in [4.78, 5) is 2.42. The molecule has 0 atom stereocenters. The van der Waals surface area contributed by atoms with Gasteiger partial charge in [-0.3, -0.25) is 0 Å². The second-order valence-corrected chi connectivity index (χ2v) is 6.53. The number of nitrogens with two attached hydrogens (primary N) is 2. The summed E-state index contributed by atoms with van der Waals surface area (Å²) in [6.07, 6.45) is 7.62. The van der Waals surface area contributed by atoms with E-state index in [0.29, 0.717) is 0 Å². The SMILES string of the molecule is CC.CC/C=C/c1c(NC)ccc(N)c1N1CCC(C)(CN)CC1. The van der Waals surface area contributed by atoms with Crippen LogP contribution in [-0.4, -0.2) is 26.7 Å². The van der Waals surface area contributed by atoms with Crippen molar-refractivity contribution in [1.29, 1.82) is 0 Å². The summed E-state index contributed by atoms with van der Waals surface area (Å²) in [5, 5.41) is 3.29. The van der Waals surface area contributed by atoms with Crippen LogP contribution in [0.25, 0.3) is 6.08 Å². The van der Waals surface area contributed by atoms with Crippen molar-refractivity contribution in [3.8, 4) is 0 Å². The molecule has 4 nitrogen and oxygen atoms in total. The highest BCUT2D eigenvalue weighted by Crippen LogP contribution is 2.39. The van der Waals surface area contributed by atoms with Gasteiger partial charge in [-0.1, -0.05) is 39.8 Å². The number of hydrogen-bond acceptors (Lipinski definition) is 4. The number of nitrogen functional groups attached to an aromatic ring is 1. The third-order valence-electron chi connectivity index (χ3n) is 4.82. The Morgan fingerprint density at radius 3 is 2.38 bits per heavy atom. The van der Waals surface area contributed by atoms with Gasteiger partial charge in [0.05, 0.1) is 11.4 Å². The zero-order valence-electron chi connectivity index (χ0n) is 16.2. The molecule has 1 aromatic rings. The molecule has 1 fully saturated rings. The van der Waals surface area contributed by atoms with Crippen LogP contribution in [0.5, 0.6) is 0 Å². The first-order valence-electron chi connectivity index (χ1n) is 9.26. The van der Waals surface area contributed by atoms with E-state index in [9.17, 15) is 0 Å². The van der Waals surface area contributed by atoms with Crippen molar-refractivity contribution in [2.75, 3.05) is 42.6 Å². The Balaban J connectivity index is 0.00000139. The van der Waals surface area contributed by atoms with Crippen LogP contribution in [0.4, 0.5) is 17.1 Å². The summed E-state index contributed by atoms with van der Waals surface area (Å²) in [5.74, 6) is 0. The molecular weight excluding hydrogens is 296 g/mol. The van der Waals surface area contributed by atoms with E-state index in [0.717, 1.165) is 56.0 Å². The van der Waals surface area contributed by atoms with Gasteiger partial charge in [-0.15, -0.1) is 0 Å². The summed E-state index contributed by atoms with van der Waals surface area (Å²) < 4.78 is 0. The molecule has 0 amide bonds. The van der Waals surface area contributed by atoms with Crippen LogP contribution < -0.4 is 21.7 Å². The molecule has 1 aliphatic heterocycles. The molecule has 1 saturated heterocycles. The van der Waals surface area contributed by atoms with Crippen LogP contribution in [0.3, 0.4) is 0 Å². The van der Waals surface area contributed by atoms with Gasteiger partial charge in [-0.2, -0.15) is 0 Å². The molecule has 1 heterocycles. The van der Waals surface area contributed by atoms with E-state index in [1.807, 2.05) is 27.0 Å². The van der Waals surface area contributed by atoms with Crippen molar-refractivity contribution in [1.82, 2.24) is 0 Å². The van der Waals surface area contributed by atoms with E-state index in [4.69, 9.17) is 11.5 Å². The van der Waals surface area contributed by atoms with E-state index < -0.39 is 0 Å². The number of allylic oxidation sites excluding steroid dienone is 1. The Bertz CT molecular complexity index is 529. The highest BCUT2D eigenvalue weighted by molar-refractivity contribution is 5.86. The minimum absolute atomic E-state index is 0.269. The molecule has 24 heavy (non-hydrogen) atoms. The van der Waals surface area contributed by atoms with Gasteiger partial charge in [0.25, 0.3) is 0 Å². The molecule has 136 valence electrons. The fraction of sp³-hybridized carbons (Fsp3) is 0.600. The first-order valence-corrected chi connectivity index (χ1v) is 9.26. The molecule has 0 unspecified atom stereocenters. The zero-order valence-corrected chi connectivity index (χ0v) is 16.2. The van der Waals surface area contributed by atoms with Crippen LogP contribution in [0.2, 0.25) is 0 Å². The molecule has 0 spiro atoms. The highest BCUT2D eigenvalue weighted by atomic mass is 15.2. The maximum absolute atomic E-state index is 6.32. The van der Waals surface area contributed by atoms with E-state index in [-0.39, 0.29) is 5.41 Å². The Kier molecular flexibility index (Phi) is 8.13. The Labute approximate surface area is 148 Å². The van der Waals surface area contributed by atoms with Crippen LogP contribution in [0, 0.1) is 5.41 Å². The summed E-state index contributed by atoms with van der Waals surface area (Å²) >= 11 is 0. The minimum atomic E-state index is 0.269. The summed E-state index contributed by atoms with van der Waals surface area (Å²) in [6.45, 7) is 11.2. The van der Waals surface area contributed by atoms with Gasteiger partial charge in [0.2, 0.25) is 0 Å². The second-order valence-electron chi connectivity index (χ2n) is 6.53. The molecule has 0 radical (unpaired) electrons. The standard InChI is InChI=1S/C18H30N4.C2H6/c1-4-5-6-14-16(21-3)8-7-15(20)17(14)22-11-9-18(2,13-19)10-12-22;1-2/h5-8,21H,4,9-13,19-20H2,1-3H3;1-2H3/b6-5+;. The van der Waals surface area contributed by atoms with Crippen molar-refractivity contribution in [3.05, 3.63) is 23.8 Å². The van der Waals surface area contributed by atoms with Crippen molar-refractivity contribution in [2.24, 2.45) is 11.1 Å². The summed E-state index contributed by atoms with van der Waals surface area (Å²) in [6, 6.07) is 4.06. The number of anilines is 3. The lowest BCUT2D eigenvalue weighted by molar-refractivity contribution is 0.258. The van der Waals surface area contributed by atoms with Crippen LogP contribution in [0.1, 0.15) is 52.5 Å². The van der Waals surface area contributed by atoms with Crippen LogP contribution in [0.15, 0.2) is 18.2 Å². The quantitative estimate of drug-likeness (QED) is 0.702. The monoisotopic (exact) mass is 332 g/mol. The van der Waals surface area contributed by atoms with Crippen molar-refractivity contribution >= 4 is 23.1 Å². The molecule has 5 N–H and O–H groups in total. The number of hydrogen-bond donors (Lipinski definition) is 3. The first-order chi connectivity index (χ1) is 11.5. The molecular formula is C20H36N4. The maximum Gasteiger partial charge on any atom is 0.0694 e. The van der Waals surface area contributed by atoms with E-state index in [1.165, 1.54) is 5.56 Å². The molecule has 4 heteroatoms. The smallest absolute Gasteiger partial charge is 0.0694 e. The first kappa shape index (κ1) is 20.4. The second kappa shape index (κ2) is 9.58. The predicted octanol–water partition coefficient (Wildman–Crippen LogP) is 4.33. The van der Waals surface area contributed by atoms with Gasteiger partial charge in [0.15, 0.2) is 0 Å². The predicted molar refractivity (Wildman–Crippen MR) is 110 cm³/mol. The molecule has 1 aromatic carbocycles. The number of piperidine rings is 1. The number of rotatable bonds is 5. The van der Waals surface area contributed by atoms with E-state index in [2.05, 4.69) is 42.3 Å². The molecule has 0 aliphatic carbocycles. The normalized spacial score (nSPS) is 16.7. The Hall–Kier alpha value is -1.68. The average Bonchev–Trinajstić information content (AvgIpc) is 2.63. The topological polar surface area (TPSA) is 67.3 Å². The molecule has 1 aliphatic rings. The van der Waals surface area contributed by atoms with E-state index >= 15 is 0 Å². The summed E-state index contributed by atoms with van der Waals surface area (Å²) in [5.41, 5.74) is 16.9. The third-order valence-corrected chi connectivity index (χ3v) is 4.82. The fourth-order valence-electron chi connectivity index (χ4n) is 3.07. The van der Waals surface area contributed by atoms with Gasteiger partial charge in [-0.05, 0) is 43.4 Å². The van der Waals surface area contributed by atoms with Gasteiger partial charge in [0.1, 0.15) is 0 Å². The number of nitrogens with one attached hydrogen (secondary N) is 1. The molecule has 2 rings (SSSR count). The lowest BCUT2D eigenvalue weighted by atomic mass is 9.80.